The van der Waals surface area contributed by atoms with Gasteiger partial charge in [-0.25, -0.2) is 16.8 Å². The Morgan fingerprint density at radius 3 is 2.38 bits per heavy atom. The lowest BCUT2D eigenvalue weighted by Crippen LogP contribution is -2.52. The summed E-state index contributed by atoms with van der Waals surface area (Å²) in [6.45, 7) is 2.22. The van der Waals surface area contributed by atoms with Crippen LogP contribution in [0.3, 0.4) is 0 Å². The molecule has 32 heavy (non-hydrogen) atoms. The molecule has 0 bridgehead atoms. The lowest BCUT2D eigenvalue weighted by molar-refractivity contribution is -0.133. The summed E-state index contributed by atoms with van der Waals surface area (Å²) < 4.78 is 53.9. The van der Waals surface area contributed by atoms with E-state index in [0.29, 0.717) is 5.56 Å². The molecule has 2 aliphatic rings. The highest BCUT2D eigenvalue weighted by atomic mass is 35.5. The van der Waals surface area contributed by atoms with Crippen molar-refractivity contribution < 1.29 is 21.6 Å². The van der Waals surface area contributed by atoms with Gasteiger partial charge in [0.15, 0.2) is 0 Å². The van der Waals surface area contributed by atoms with E-state index in [1.165, 1.54) is 27.4 Å². The van der Waals surface area contributed by atoms with Crippen molar-refractivity contribution >= 4 is 43.4 Å². The first-order valence-electron chi connectivity index (χ1n) is 9.85. The van der Waals surface area contributed by atoms with Crippen molar-refractivity contribution in [1.82, 2.24) is 13.9 Å². The van der Waals surface area contributed by atoms with Crippen LogP contribution >= 0.6 is 11.6 Å². The molecule has 2 aliphatic heterocycles. The Labute approximate surface area is 191 Å². The van der Waals surface area contributed by atoms with Gasteiger partial charge in [-0.2, -0.15) is 4.31 Å². The fourth-order valence-corrected chi connectivity index (χ4v) is 6.84. The number of amidine groups is 1. The third-order valence-corrected chi connectivity index (χ3v) is 9.14. The number of halogens is 1. The number of nitrogens with one attached hydrogen (secondary N) is 1. The van der Waals surface area contributed by atoms with Gasteiger partial charge in [0.1, 0.15) is 16.8 Å². The van der Waals surface area contributed by atoms with Crippen LogP contribution in [0.1, 0.15) is 12.5 Å². The van der Waals surface area contributed by atoms with Crippen LogP contribution in [0.25, 0.3) is 0 Å². The van der Waals surface area contributed by atoms with Gasteiger partial charge >= 0.3 is 0 Å². The number of hydrogen-bond acceptors (Lipinski definition) is 6. The number of benzene rings is 2. The molecule has 2 heterocycles. The maximum Gasteiger partial charge on any atom is 0.263 e. The van der Waals surface area contributed by atoms with Crippen molar-refractivity contribution in [1.29, 1.82) is 0 Å². The first-order valence-corrected chi connectivity index (χ1v) is 13.1. The van der Waals surface area contributed by atoms with Crippen molar-refractivity contribution in [3.63, 3.8) is 0 Å². The van der Waals surface area contributed by atoms with E-state index in [2.05, 4.69) is 9.71 Å². The van der Waals surface area contributed by atoms with E-state index in [0.717, 1.165) is 0 Å². The first-order chi connectivity index (χ1) is 15.1. The van der Waals surface area contributed by atoms with Gasteiger partial charge in [0.05, 0.1) is 9.92 Å². The fourth-order valence-electron chi connectivity index (χ4n) is 3.68. The zero-order chi connectivity index (χ0) is 23.1. The van der Waals surface area contributed by atoms with Crippen molar-refractivity contribution in [2.24, 2.45) is 4.99 Å². The molecule has 4 rings (SSSR count). The third kappa shape index (κ3) is 4.13. The van der Waals surface area contributed by atoms with Crippen LogP contribution < -0.4 is 4.72 Å². The Bertz CT molecular complexity index is 1300. The molecule has 9 nitrogen and oxygen atoms in total. The van der Waals surface area contributed by atoms with E-state index in [1.807, 2.05) is 0 Å². The second-order valence-electron chi connectivity index (χ2n) is 7.42. The lowest BCUT2D eigenvalue weighted by atomic mass is 10.2. The Balaban J connectivity index is 1.45. The van der Waals surface area contributed by atoms with Crippen LogP contribution in [0.4, 0.5) is 0 Å². The zero-order valence-electron chi connectivity index (χ0n) is 17.1. The number of amides is 1. The standard InChI is InChI=1S/C20H21ClN4O5S2/c1-14(22-19-15-6-2-4-8-17(15)31(27,28)23-19)20(26)24-10-12-25(13-11-24)32(29,30)18-9-5-3-7-16(18)21/h2-9,14H,10-13H2,1H3,(H,22,23)/t14-/m0/s1. The van der Waals surface area contributed by atoms with Gasteiger partial charge in [-0.1, -0.05) is 35.9 Å². The normalized spacial score (nSPS) is 20.6. The molecule has 1 N–H and O–H groups in total. The second-order valence-corrected chi connectivity index (χ2v) is 11.4. The van der Waals surface area contributed by atoms with Gasteiger partial charge in [0, 0.05) is 31.7 Å². The highest BCUT2D eigenvalue weighted by Crippen LogP contribution is 2.26. The summed E-state index contributed by atoms with van der Waals surface area (Å²) in [5.41, 5.74) is 0.419. The minimum atomic E-state index is -3.77. The molecule has 2 aromatic carbocycles. The number of carbonyl (C=O) groups is 1. The number of rotatable bonds is 4. The largest absolute Gasteiger partial charge is 0.338 e. The van der Waals surface area contributed by atoms with Crippen molar-refractivity contribution in [2.45, 2.75) is 22.8 Å². The highest BCUT2D eigenvalue weighted by Gasteiger charge is 2.34. The third-order valence-electron chi connectivity index (χ3n) is 5.35. The van der Waals surface area contributed by atoms with Crippen molar-refractivity contribution in [3.05, 3.63) is 59.1 Å². The van der Waals surface area contributed by atoms with Crippen molar-refractivity contribution in [3.8, 4) is 0 Å². The molecule has 12 heteroatoms. The molecular formula is C20H21ClN4O5S2. The van der Waals surface area contributed by atoms with E-state index in [9.17, 15) is 21.6 Å². The van der Waals surface area contributed by atoms with Crippen LogP contribution in [0.2, 0.25) is 5.02 Å². The molecule has 0 spiro atoms. The van der Waals surface area contributed by atoms with Gasteiger partial charge in [-0.3, -0.25) is 14.5 Å². The van der Waals surface area contributed by atoms with E-state index in [1.54, 1.807) is 37.3 Å². The number of piperazine rings is 1. The Morgan fingerprint density at radius 1 is 1.06 bits per heavy atom. The lowest BCUT2D eigenvalue weighted by Gasteiger charge is -2.34. The monoisotopic (exact) mass is 496 g/mol. The molecule has 2 aromatic rings. The van der Waals surface area contributed by atoms with Gasteiger partial charge < -0.3 is 4.90 Å². The number of carbonyl (C=O) groups excluding carboxylic acids is 1. The van der Waals surface area contributed by atoms with Crippen LogP contribution in [0.15, 0.2) is 63.3 Å². The molecule has 170 valence electrons. The SMILES string of the molecule is C[C@H](N=C1NS(=O)(=O)c2ccccc21)C(=O)N1CCN(S(=O)(=O)c2ccccc2Cl)CC1. The van der Waals surface area contributed by atoms with E-state index in [-0.39, 0.29) is 52.7 Å². The molecule has 0 aliphatic carbocycles. The Kier molecular flexibility index (Phi) is 6.01. The first kappa shape index (κ1) is 22.7. The van der Waals surface area contributed by atoms with Crippen LogP contribution in [-0.2, 0) is 24.8 Å². The number of hydrogen-bond donors (Lipinski definition) is 1. The molecule has 0 saturated carbocycles. The average molecular weight is 497 g/mol. The number of aliphatic imine (C=N–C) groups is 1. The molecular weight excluding hydrogens is 476 g/mol. The van der Waals surface area contributed by atoms with E-state index in [4.69, 9.17) is 11.6 Å². The molecule has 1 saturated heterocycles. The summed E-state index contributed by atoms with van der Waals surface area (Å²) >= 11 is 6.05. The predicted molar refractivity (Wildman–Crippen MR) is 120 cm³/mol. The van der Waals surface area contributed by atoms with Gasteiger partial charge in [-0.15, -0.1) is 0 Å². The maximum atomic E-state index is 12.9. The number of sulfonamides is 2. The molecule has 0 radical (unpaired) electrons. The summed E-state index contributed by atoms with van der Waals surface area (Å²) in [6.07, 6.45) is 0. The smallest absolute Gasteiger partial charge is 0.263 e. The summed E-state index contributed by atoms with van der Waals surface area (Å²) in [6, 6.07) is 11.8. The maximum absolute atomic E-state index is 12.9. The summed E-state index contributed by atoms with van der Waals surface area (Å²) in [5, 5.41) is 0.148. The molecule has 1 atom stereocenters. The number of fused-ring (bicyclic) bond motifs is 1. The number of nitrogens with zero attached hydrogens (tertiary/aromatic N) is 3. The van der Waals surface area contributed by atoms with Gasteiger partial charge in [0.2, 0.25) is 15.9 Å². The quantitative estimate of drug-likeness (QED) is 0.684. The van der Waals surface area contributed by atoms with Crippen molar-refractivity contribution in [2.75, 3.05) is 26.2 Å². The van der Waals surface area contributed by atoms with Crippen LogP contribution in [0.5, 0.6) is 0 Å². The van der Waals surface area contributed by atoms with E-state index >= 15 is 0 Å². The Morgan fingerprint density at radius 2 is 1.69 bits per heavy atom. The van der Waals surface area contributed by atoms with Crippen LogP contribution in [0, 0.1) is 0 Å². The second kappa shape index (κ2) is 8.47. The molecule has 1 amide bonds. The minimum absolute atomic E-state index is 0.0355. The highest BCUT2D eigenvalue weighted by molar-refractivity contribution is 7.90. The minimum Gasteiger partial charge on any atom is -0.338 e. The van der Waals surface area contributed by atoms with Gasteiger partial charge in [0.25, 0.3) is 10.0 Å². The topological polar surface area (TPSA) is 116 Å². The predicted octanol–water partition coefficient (Wildman–Crippen LogP) is 1.30. The van der Waals surface area contributed by atoms with Crippen LogP contribution in [-0.4, -0.2) is 70.0 Å². The fraction of sp³-hybridized carbons (Fsp3) is 0.300. The summed E-state index contributed by atoms with van der Waals surface area (Å²) in [5.74, 6) is -0.183. The average Bonchev–Trinajstić information content (AvgIpc) is 3.03. The zero-order valence-corrected chi connectivity index (χ0v) is 19.5. The van der Waals surface area contributed by atoms with Gasteiger partial charge in [-0.05, 0) is 31.2 Å². The van der Waals surface area contributed by atoms with E-state index < -0.39 is 26.1 Å². The summed E-state index contributed by atoms with van der Waals surface area (Å²) in [7, 11) is -7.46. The summed E-state index contributed by atoms with van der Waals surface area (Å²) in [4.78, 5) is 18.9. The molecule has 0 unspecified atom stereocenters. The molecule has 1 fully saturated rings. The molecule has 0 aromatic heterocycles. The Hall–Kier alpha value is -2.47.